The second-order valence-electron chi connectivity index (χ2n) is 5.48. The topological polar surface area (TPSA) is 41.1 Å². The van der Waals surface area contributed by atoms with Crippen molar-refractivity contribution in [3.05, 3.63) is 0 Å². The van der Waals surface area contributed by atoms with Gasteiger partial charge in [0.2, 0.25) is 0 Å². The molecule has 2 atom stereocenters. The fraction of sp³-hybridized carbons (Fsp3) is 0.909. The van der Waals surface area contributed by atoms with Crippen LogP contribution >= 0.6 is 0 Å². The first-order valence-electron chi connectivity index (χ1n) is 5.56. The molecule has 14 heavy (non-hydrogen) atoms. The van der Waals surface area contributed by atoms with Crippen LogP contribution in [0, 0.1) is 11.3 Å². The second kappa shape index (κ2) is 3.14. The third-order valence-corrected chi connectivity index (χ3v) is 3.46. The summed E-state index contributed by atoms with van der Waals surface area (Å²) in [5.74, 6) is 0.660. The van der Waals surface area contributed by atoms with Gasteiger partial charge >= 0.3 is 6.03 Å². The van der Waals surface area contributed by atoms with Gasteiger partial charge in [0, 0.05) is 12.1 Å². The highest BCUT2D eigenvalue weighted by molar-refractivity contribution is 5.74. The monoisotopic (exact) mass is 196 g/mol. The molecule has 0 aromatic rings. The molecule has 2 unspecified atom stereocenters. The third-order valence-electron chi connectivity index (χ3n) is 3.46. The maximum absolute atomic E-state index is 11.4. The largest absolute Gasteiger partial charge is 0.335 e. The van der Waals surface area contributed by atoms with Gasteiger partial charge in [0.15, 0.2) is 0 Å². The van der Waals surface area contributed by atoms with E-state index in [4.69, 9.17) is 0 Å². The van der Waals surface area contributed by atoms with Gasteiger partial charge in [-0.05, 0) is 37.5 Å². The Morgan fingerprint density at radius 1 is 1.43 bits per heavy atom. The van der Waals surface area contributed by atoms with Gasteiger partial charge in [0.25, 0.3) is 0 Å². The third kappa shape index (κ3) is 2.20. The molecule has 2 N–H and O–H groups in total. The molecule has 0 bridgehead atoms. The second-order valence-corrected chi connectivity index (χ2v) is 5.48. The van der Waals surface area contributed by atoms with Crippen LogP contribution in [0.2, 0.25) is 0 Å². The first-order valence-corrected chi connectivity index (χ1v) is 5.56. The molecule has 0 saturated heterocycles. The van der Waals surface area contributed by atoms with Crippen molar-refractivity contribution >= 4 is 6.03 Å². The molecule has 0 aliphatic heterocycles. The fourth-order valence-electron chi connectivity index (χ4n) is 2.12. The summed E-state index contributed by atoms with van der Waals surface area (Å²) in [7, 11) is 0. The minimum Gasteiger partial charge on any atom is -0.335 e. The molecule has 3 nitrogen and oxygen atoms in total. The van der Waals surface area contributed by atoms with Gasteiger partial charge in [-0.1, -0.05) is 13.8 Å². The van der Waals surface area contributed by atoms with E-state index < -0.39 is 0 Å². The Hall–Kier alpha value is -0.730. The minimum absolute atomic E-state index is 0.0164. The maximum Gasteiger partial charge on any atom is 0.315 e. The summed E-state index contributed by atoms with van der Waals surface area (Å²) >= 11 is 0. The van der Waals surface area contributed by atoms with Gasteiger partial charge in [-0.3, -0.25) is 0 Å². The Bertz CT molecular complexity index is 246. The van der Waals surface area contributed by atoms with Crippen molar-refractivity contribution in [2.24, 2.45) is 11.3 Å². The number of nitrogens with one attached hydrogen (secondary N) is 2. The molecule has 0 aromatic carbocycles. The van der Waals surface area contributed by atoms with Crippen molar-refractivity contribution in [3.63, 3.8) is 0 Å². The molecular weight excluding hydrogens is 176 g/mol. The molecule has 2 saturated carbocycles. The summed E-state index contributed by atoms with van der Waals surface area (Å²) in [6.07, 6.45) is 3.53. The van der Waals surface area contributed by atoms with E-state index in [-0.39, 0.29) is 6.03 Å². The first kappa shape index (κ1) is 9.81. The molecule has 2 rings (SSSR count). The zero-order valence-electron chi connectivity index (χ0n) is 9.26. The van der Waals surface area contributed by atoms with E-state index in [0.717, 1.165) is 12.8 Å². The van der Waals surface area contributed by atoms with Gasteiger partial charge < -0.3 is 10.6 Å². The van der Waals surface area contributed by atoms with Crippen LogP contribution in [0.5, 0.6) is 0 Å². The number of carbonyl (C=O) groups is 1. The minimum atomic E-state index is 0.0164. The van der Waals surface area contributed by atoms with E-state index in [9.17, 15) is 4.79 Å². The quantitative estimate of drug-likeness (QED) is 0.711. The highest BCUT2D eigenvalue weighted by Crippen LogP contribution is 2.53. The fourth-order valence-corrected chi connectivity index (χ4v) is 2.12. The summed E-state index contributed by atoms with van der Waals surface area (Å²) in [5, 5.41) is 5.96. The molecule has 2 aliphatic rings. The molecule has 80 valence electrons. The van der Waals surface area contributed by atoms with E-state index in [1.165, 1.54) is 6.42 Å². The zero-order chi connectivity index (χ0) is 10.3. The van der Waals surface area contributed by atoms with E-state index in [2.05, 4.69) is 31.4 Å². The van der Waals surface area contributed by atoms with Crippen molar-refractivity contribution in [1.82, 2.24) is 10.6 Å². The lowest BCUT2D eigenvalue weighted by molar-refractivity contribution is 0.235. The maximum atomic E-state index is 11.4. The molecule has 2 amide bonds. The number of hydrogen-bond acceptors (Lipinski definition) is 1. The van der Waals surface area contributed by atoms with Gasteiger partial charge in [-0.15, -0.1) is 0 Å². The Balaban J connectivity index is 1.71. The molecular formula is C11H20N2O. The number of urea groups is 1. The predicted molar refractivity (Wildman–Crippen MR) is 56.0 cm³/mol. The first-order chi connectivity index (χ1) is 6.49. The lowest BCUT2D eigenvalue weighted by Crippen LogP contribution is -2.43. The highest BCUT2D eigenvalue weighted by Gasteiger charge is 2.49. The van der Waals surface area contributed by atoms with E-state index in [1.54, 1.807) is 0 Å². The van der Waals surface area contributed by atoms with Crippen LogP contribution in [0.25, 0.3) is 0 Å². The smallest absolute Gasteiger partial charge is 0.315 e. The van der Waals surface area contributed by atoms with Crippen LogP contribution in [0.1, 0.15) is 40.0 Å². The van der Waals surface area contributed by atoms with E-state index >= 15 is 0 Å². The average Bonchev–Trinajstić information content (AvgIpc) is 2.90. The molecule has 2 fully saturated rings. The van der Waals surface area contributed by atoms with Gasteiger partial charge in [-0.25, -0.2) is 4.79 Å². The molecule has 0 heterocycles. The highest BCUT2D eigenvalue weighted by atomic mass is 16.2. The number of hydrogen-bond donors (Lipinski definition) is 2. The standard InChI is InChI=1S/C11H20N2O/c1-7(9-6-11(9,2)3)12-10(14)13-8-4-5-8/h7-9H,4-6H2,1-3H3,(H2,12,13,14). The van der Waals surface area contributed by atoms with Crippen molar-refractivity contribution in [2.45, 2.75) is 52.1 Å². The Morgan fingerprint density at radius 2 is 2.00 bits per heavy atom. The van der Waals surface area contributed by atoms with Gasteiger partial charge in [0.05, 0.1) is 0 Å². The molecule has 2 aliphatic carbocycles. The number of amides is 2. The summed E-state index contributed by atoms with van der Waals surface area (Å²) in [4.78, 5) is 11.4. The predicted octanol–water partition coefficient (Wildman–Crippen LogP) is 1.88. The van der Waals surface area contributed by atoms with E-state index in [1.807, 2.05) is 0 Å². The van der Waals surface area contributed by atoms with Crippen molar-refractivity contribution < 1.29 is 4.79 Å². The Morgan fingerprint density at radius 3 is 2.43 bits per heavy atom. The van der Waals surface area contributed by atoms with Crippen LogP contribution in [0.4, 0.5) is 4.79 Å². The van der Waals surface area contributed by atoms with Crippen LogP contribution < -0.4 is 10.6 Å². The molecule has 0 radical (unpaired) electrons. The normalized spacial score (nSPS) is 30.6. The van der Waals surface area contributed by atoms with Crippen molar-refractivity contribution in [3.8, 4) is 0 Å². The lowest BCUT2D eigenvalue weighted by Gasteiger charge is -2.15. The van der Waals surface area contributed by atoms with Crippen LogP contribution in [-0.2, 0) is 0 Å². The zero-order valence-corrected chi connectivity index (χ0v) is 9.26. The summed E-state index contributed by atoms with van der Waals surface area (Å²) in [6, 6.07) is 0.779. The van der Waals surface area contributed by atoms with Crippen molar-refractivity contribution in [2.75, 3.05) is 0 Å². The van der Waals surface area contributed by atoms with Gasteiger partial charge in [0.1, 0.15) is 0 Å². The van der Waals surface area contributed by atoms with Crippen molar-refractivity contribution in [1.29, 1.82) is 0 Å². The average molecular weight is 196 g/mol. The Labute approximate surface area is 85.6 Å². The SMILES string of the molecule is CC(NC(=O)NC1CC1)C1CC1(C)C. The molecule has 0 aromatic heterocycles. The summed E-state index contributed by atoms with van der Waals surface area (Å²) < 4.78 is 0. The Kier molecular flexibility index (Phi) is 2.20. The van der Waals surface area contributed by atoms with Crippen LogP contribution in [0.15, 0.2) is 0 Å². The van der Waals surface area contributed by atoms with Crippen LogP contribution in [-0.4, -0.2) is 18.1 Å². The summed E-state index contributed by atoms with van der Waals surface area (Å²) in [6.45, 7) is 6.62. The molecule has 0 spiro atoms. The van der Waals surface area contributed by atoms with Gasteiger partial charge in [-0.2, -0.15) is 0 Å². The lowest BCUT2D eigenvalue weighted by atomic mass is 10.1. The number of rotatable bonds is 3. The van der Waals surface area contributed by atoms with E-state index in [0.29, 0.717) is 23.4 Å². The molecule has 3 heteroatoms. The summed E-state index contributed by atoms with van der Waals surface area (Å²) in [5.41, 5.74) is 0.437. The number of carbonyl (C=O) groups excluding carboxylic acids is 1. The van der Waals surface area contributed by atoms with Crippen LogP contribution in [0.3, 0.4) is 0 Å².